The highest BCUT2D eigenvalue weighted by Crippen LogP contribution is 2.52. The predicted octanol–water partition coefficient (Wildman–Crippen LogP) is 4.00. The van der Waals surface area contributed by atoms with Crippen molar-refractivity contribution in [2.75, 3.05) is 0 Å². The van der Waals surface area contributed by atoms with Gasteiger partial charge in [0.2, 0.25) is 0 Å². The van der Waals surface area contributed by atoms with Gasteiger partial charge in [-0.1, -0.05) is 26.7 Å². The summed E-state index contributed by atoms with van der Waals surface area (Å²) in [4.78, 5) is 0. The largest absolute Gasteiger partial charge is 0.393 e. The first kappa shape index (κ1) is 12.0. The van der Waals surface area contributed by atoms with Crippen LogP contribution in [0, 0.1) is 29.1 Å². The zero-order valence-corrected chi connectivity index (χ0v) is 11.5. The van der Waals surface area contributed by atoms with Crippen LogP contribution in [0.2, 0.25) is 0 Å². The molecule has 3 aliphatic carbocycles. The van der Waals surface area contributed by atoms with Gasteiger partial charge in [0.15, 0.2) is 0 Å². The number of aliphatic hydroxyl groups excluding tert-OH is 1. The van der Waals surface area contributed by atoms with E-state index in [0.717, 1.165) is 24.2 Å². The van der Waals surface area contributed by atoms with Gasteiger partial charge in [0.25, 0.3) is 0 Å². The van der Waals surface area contributed by atoms with Gasteiger partial charge < -0.3 is 5.11 Å². The van der Waals surface area contributed by atoms with Crippen LogP contribution in [0.15, 0.2) is 0 Å². The molecule has 3 fully saturated rings. The number of aliphatic hydroxyl groups is 1. The minimum Gasteiger partial charge on any atom is -0.393 e. The maximum Gasteiger partial charge on any atom is 0.0576 e. The van der Waals surface area contributed by atoms with Gasteiger partial charge in [0.05, 0.1) is 6.10 Å². The van der Waals surface area contributed by atoms with Gasteiger partial charge in [-0.25, -0.2) is 0 Å². The van der Waals surface area contributed by atoms with Crippen LogP contribution in [0.1, 0.15) is 65.2 Å². The van der Waals surface area contributed by atoms with E-state index in [1.807, 2.05) is 0 Å². The molecule has 3 aliphatic rings. The summed E-state index contributed by atoms with van der Waals surface area (Å²) in [7, 11) is 0. The second-order valence-corrected chi connectivity index (χ2v) is 7.73. The fourth-order valence-electron chi connectivity index (χ4n) is 5.21. The van der Waals surface area contributed by atoms with Crippen LogP contribution in [-0.2, 0) is 0 Å². The molecule has 0 saturated heterocycles. The van der Waals surface area contributed by atoms with Gasteiger partial charge in [-0.05, 0) is 67.6 Å². The van der Waals surface area contributed by atoms with E-state index in [4.69, 9.17) is 0 Å². The standard InChI is InChI=1S/C16H28O/c1-16(2)7-3-4-14(16)15(17)10-13-9-11-5-6-12(13)8-11/h11-15,17H,3-10H2,1-2H3. The van der Waals surface area contributed by atoms with E-state index >= 15 is 0 Å². The lowest BCUT2D eigenvalue weighted by Gasteiger charge is -2.34. The number of hydrogen-bond donors (Lipinski definition) is 1. The SMILES string of the molecule is CC1(C)CCCC1C(O)CC1CC2CCC1C2. The van der Waals surface area contributed by atoms with Crippen LogP contribution in [0.4, 0.5) is 0 Å². The summed E-state index contributed by atoms with van der Waals surface area (Å²) >= 11 is 0. The molecule has 3 rings (SSSR count). The molecule has 0 aromatic carbocycles. The Hall–Kier alpha value is -0.0400. The molecule has 1 nitrogen and oxygen atoms in total. The molecular formula is C16H28O. The Morgan fingerprint density at radius 3 is 2.53 bits per heavy atom. The number of hydrogen-bond acceptors (Lipinski definition) is 1. The summed E-state index contributed by atoms with van der Waals surface area (Å²) in [6.45, 7) is 4.71. The molecular weight excluding hydrogens is 208 g/mol. The normalized spacial score (nSPS) is 45.4. The lowest BCUT2D eigenvalue weighted by Crippen LogP contribution is -2.32. The van der Waals surface area contributed by atoms with Crippen LogP contribution in [0.3, 0.4) is 0 Å². The Balaban J connectivity index is 1.58. The van der Waals surface area contributed by atoms with E-state index in [1.165, 1.54) is 44.9 Å². The van der Waals surface area contributed by atoms with Gasteiger partial charge in [-0.2, -0.15) is 0 Å². The molecule has 1 heteroatoms. The number of fused-ring (bicyclic) bond motifs is 2. The van der Waals surface area contributed by atoms with E-state index in [-0.39, 0.29) is 6.10 Å². The molecule has 5 unspecified atom stereocenters. The maximum atomic E-state index is 10.6. The van der Waals surface area contributed by atoms with Gasteiger partial charge >= 0.3 is 0 Å². The highest BCUT2D eigenvalue weighted by atomic mass is 16.3. The van der Waals surface area contributed by atoms with Crippen molar-refractivity contribution in [2.24, 2.45) is 29.1 Å². The van der Waals surface area contributed by atoms with Crippen molar-refractivity contribution in [1.82, 2.24) is 0 Å². The van der Waals surface area contributed by atoms with Gasteiger partial charge in [-0.3, -0.25) is 0 Å². The van der Waals surface area contributed by atoms with Crippen molar-refractivity contribution >= 4 is 0 Å². The lowest BCUT2D eigenvalue weighted by molar-refractivity contribution is 0.0279. The third-order valence-corrected chi connectivity index (χ3v) is 6.23. The molecule has 17 heavy (non-hydrogen) atoms. The minimum atomic E-state index is -0.0168. The van der Waals surface area contributed by atoms with E-state index in [9.17, 15) is 5.11 Å². The van der Waals surface area contributed by atoms with Crippen LogP contribution in [-0.4, -0.2) is 11.2 Å². The average molecular weight is 236 g/mol. The summed E-state index contributed by atoms with van der Waals surface area (Å²) in [5.41, 5.74) is 0.386. The molecule has 98 valence electrons. The van der Waals surface area contributed by atoms with Crippen LogP contribution in [0.25, 0.3) is 0 Å². The second-order valence-electron chi connectivity index (χ2n) is 7.73. The summed E-state index contributed by atoms with van der Waals surface area (Å²) < 4.78 is 0. The fraction of sp³-hybridized carbons (Fsp3) is 1.00. The average Bonchev–Trinajstić information content (AvgIpc) is 2.91. The van der Waals surface area contributed by atoms with E-state index in [1.54, 1.807) is 0 Å². The molecule has 0 amide bonds. The minimum absolute atomic E-state index is 0.0168. The first-order chi connectivity index (χ1) is 8.06. The molecule has 3 saturated carbocycles. The van der Waals surface area contributed by atoms with Crippen molar-refractivity contribution < 1.29 is 5.11 Å². The van der Waals surface area contributed by atoms with Crippen molar-refractivity contribution in [1.29, 1.82) is 0 Å². The zero-order valence-electron chi connectivity index (χ0n) is 11.5. The third kappa shape index (κ3) is 2.16. The molecule has 2 bridgehead atoms. The van der Waals surface area contributed by atoms with Crippen molar-refractivity contribution in [2.45, 2.75) is 71.3 Å². The topological polar surface area (TPSA) is 20.2 Å². The van der Waals surface area contributed by atoms with E-state index in [2.05, 4.69) is 13.8 Å². The predicted molar refractivity (Wildman–Crippen MR) is 70.7 cm³/mol. The second kappa shape index (κ2) is 4.26. The Kier molecular flexibility index (Phi) is 3.01. The first-order valence-electron chi connectivity index (χ1n) is 7.74. The summed E-state index contributed by atoms with van der Waals surface area (Å²) in [6.07, 6.45) is 10.8. The number of rotatable bonds is 3. The summed E-state index contributed by atoms with van der Waals surface area (Å²) in [5.74, 6) is 3.43. The molecule has 0 aromatic rings. The highest BCUT2D eigenvalue weighted by molar-refractivity contribution is 4.94. The zero-order chi connectivity index (χ0) is 12.0. The van der Waals surface area contributed by atoms with Gasteiger partial charge in [-0.15, -0.1) is 0 Å². The first-order valence-corrected chi connectivity index (χ1v) is 7.74. The van der Waals surface area contributed by atoms with Crippen LogP contribution in [0.5, 0.6) is 0 Å². The third-order valence-electron chi connectivity index (χ3n) is 6.23. The lowest BCUT2D eigenvalue weighted by atomic mass is 9.74. The molecule has 0 aliphatic heterocycles. The smallest absolute Gasteiger partial charge is 0.0576 e. The summed E-state index contributed by atoms with van der Waals surface area (Å²) in [5, 5.41) is 10.6. The van der Waals surface area contributed by atoms with Gasteiger partial charge in [0, 0.05) is 0 Å². The highest BCUT2D eigenvalue weighted by Gasteiger charge is 2.44. The Morgan fingerprint density at radius 2 is 2.00 bits per heavy atom. The van der Waals surface area contributed by atoms with E-state index in [0.29, 0.717) is 11.3 Å². The Bertz CT molecular complexity index is 283. The molecule has 5 atom stereocenters. The molecule has 0 aromatic heterocycles. The van der Waals surface area contributed by atoms with E-state index < -0.39 is 0 Å². The molecule has 0 radical (unpaired) electrons. The molecule has 1 N–H and O–H groups in total. The Labute approximate surface area is 106 Å². The van der Waals surface area contributed by atoms with Crippen molar-refractivity contribution in [3.8, 4) is 0 Å². The van der Waals surface area contributed by atoms with Crippen molar-refractivity contribution in [3.63, 3.8) is 0 Å². The van der Waals surface area contributed by atoms with Gasteiger partial charge in [0.1, 0.15) is 0 Å². The van der Waals surface area contributed by atoms with Crippen molar-refractivity contribution in [3.05, 3.63) is 0 Å². The maximum absolute atomic E-state index is 10.6. The molecule has 0 spiro atoms. The summed E-state index contributed by atoms with van der Waals surface area (Å²) in [6, 6.07) is 0. The fourth-order valence-corrected chi connectivity index (χ4v) is 5.21. The quantitative estimate of drug-likeness (QED) is 0.785. The molecule has 0 heterocycles. The van der Waals surface area contributed by atoms with Crippen LogP contribution >= 0.6 is 0 Å². The monoisotopic (exact) mass is 236 g/mol. The Morgan fingerprint density at radius 1 is 1.18 bits per heavy atom. The van der Waals surface area contributed by atoms with Crippen LogP contribution < -0.4 is 0 Å².